The van der Waals surface area contributed by atoms with Gasteiger partial charge in [0.25, 0.3) is 0 Å². The lowest BCUT2D eigenvalue weighted by atomic mass is 9.94. The van der Waals surface area contributed by atoms with Crippen molar-refractivity contribution in [1.82, 2.24) is 3.11 Å². The summed E-state index contributed by atoms with van der Waals surface area (Å²) in [6, 6.07) is 0. The number of rotatable bonds is 1. The molecule has 3 nitrogen and oxygen atoms in total. The highest BCUT2D eigenvalue weighted by atomic mass is 127. The van der Waals surface area contributed by atoms with E-state index < -0.39 is 5.60 Å². The molecule has 0 bridgehead atoms. The fourth-order valence-electron chi connectivity index (χ4n) is 1.05. The zero-order chi connectivity index (χ0) is 7.61. The van der Waals surface area contributed by atoms with Crippen LogP contribution in [0.2, 0.25) is 0 Å². The first-order valence-electron chi connectivity index (χ1n) is 3.40. The molecule has 1 fully saturated rings. The van der Waals surface area contributed by atoms with Crippen LogP contribution in [0.25, 0.3) is 0 Å². The highest BCUT2D eigenvalue weighted by Gasteiger charge is 2.30. The van der Waals surface area contributed by atoms with Gasteiger partial charge in [-0.3, -0.25) is 0 Å². The normalized spacial score (nSPS) is 26.7. The van der Waals surface area contributed by atoms with Crippen LogP contribution in [0.3, 0.4) is 0 Å². The van der Waals surface area contributed by atoms with Gasteiger partial charge in [-0.15, -0.1) is 0 Å². The third-order valence-corrected chi connectivity index (χ3v) is 2.90. The maximum absolute atomic E-state index is 9.52. The van der Waals surface area contributed by atoms with Gasteiger partial charge < -0.3 is 10.2 Å². The average molecular weight is 257 g/mol. The molecule has 1 aliphatic rings. The van der Waals surface area contributed by atoms with Crippen LogP contribution in [0.1, 0.15) is 12.8 Å². The smallest absolute Gasteiger partial charge is 0.0902 e. The van der Waals surface area contributed by atoms with Gasteiger partial charge in [0.2, 0.25) is 0 Å². The minimum Gasteiger partial charge on any atom is -0.393 e. The van der Waals surface area contributed by atoms with E-state index in [-0.39, 0.29) is 6.61 Å². The zero-order valence-corrected chi connectivity index (χ0v) is 7.91. The Hall–Kier alpha value is 0.610. The summed E-state index contributed by atoms with van der Waals surface area (Å²) in [4.78, 5) is 0. The number of aliphatic hydroxyl groups is 2. The Bertz CT molecular complexity index is 112. The van der Waals surface area contributed by atoms with E-state index in [0.717, 1.165) is 13.1 Å². The predicted octanol–water partition coefficient (Wildman–Crippen LogP) is 0.156. The van der Waals surface area contributed by atoms with Crippen molar-refractivity contribution >= 4 is 22.9 Å². The molecule has 0 aromatic heterocycles. The largest absolute Gasteiger partial charge is 0.393 e. The summed E-state index contributed by atoms with van der Waals surface area (Å²) in [6.45, 7) is 1.65. The molecule has 0 aliphatic carbocycles. The van der Waals surface area contributed by atoms with Gasteiger partial charge >= 0.3 is 0 Å². The maximum atomic E-state index is 9.52. The van der Waals surface area contributed by atoms with Gasteiger partial charge in [-0.25, -0.2) is 3.11 Å². The number of hydrogen-bond donors (Lipinski definition) is 2. The molecule has 0 amide bonds. The number of hydrogen-bond acceptors (Lipinski definition) is 3. The van der Waals surface area contributed by atoms with Crippen molar-refractivity contribution in [3.8, 4) is 0 Å². The fraction of sp³-hybridized carbons (Fsp3) is 1.00. The Morgan fingerprint density at radius 1 is 1.40 bits per heavy atom. The second-order valence-electron chi connectivity index (χ2n) is 2.79. The second kappa shape index (κ2) is 3.34. The van der Waals surface area contributed by atoms with Crippen molar-refractivity contribution in [3.63, 3.8) is 0 Å². The van der Waals surface area contributed by atoms with Crippen molar-refractivity contribution in [1.29, 1.82) is 0 Å². The van der Waals surface area contributed by atoms with Gasteiger partial charge in [0.15, 0.2) is 0 Å². The van der Waals surface area contributed by atoms with E-state index in [9.17, 15) is 5.11 Å². The Morgan fingerprint density at radius 2 is 1.90 bits per heavy atom. The lowest BCUT2D eigenvalue weighted by Crippen LogP contribution is -2.43. The van der Waals surface area contributed by atoms with Gasteiger partial charge in [-0.05, 0) is 12.8 Å². The third-order valence-electron chi connectivity index (χ3n) is 1.93. The van der Waals surface area contributed by atoms with Crippen LogP contribution in [-0.2, 0) is 0 Å². The molecule has 0 radical (unpaired) electrons. The molecule has 0 aromatic rings. The molecular weight excluding hydrogens is 245 g/mol. The van der Waals surface area contributed by atoms with Gasteiger partial charge in [-0.1, -0.05) is 0 Å². The topological polar surface area (TPSA) is 43.7 Å². The summed E-state index contributed by atoms with van der Waals surface area (Å²) >= 11 is 2.23. The molecule has 1 heterocycles. The number of piperidine rings is 1. The van der Waals surface area contributed by atoms with Crippen molar-refractivity contribution < 1.29 is 10.2 Å². The summed E-state index contributed by atoms with van der Waals surface area (Å²) in [7, 11) is 0. The monoisotopic (exact) mass is 257 g/mol. The summed E-state index contributed by atoms with van der Waals surface area (Å²) < 4.78 is 2.13. The van der Waals surface area contributed by atoms with Gasteiger partial charge in [0.1, 0.15) is 0 Å². The van der Waals surface area contributed by atoms with Crippen molar-refractivity contribution in [2.75, 3.05) is 19.7 Å². The Morgan fingerprint density at radius 3 is 2.30 bits per heavy atom. The lowest BCUT2D eigenvalue weighted by Gasteiger charge is -2.33. The first-order valence-corrected chi connectivity index (χ1v) is 4.37. The summed E-state index contributed by atoms with van der Waals surface area (Å²) in [6.07, 6.45) is 1.37. The van der Waals surface area contributed by atoms with E-state index in [1.54, 1.807) is 0 Å². The number of aliphatic hydroxyl groups excluding tert-OH is 1. The Balaban J connectivity index is 2.38. The molecule has 60 valence electrons. The molecule has 0 saturated carbocycles. The average Bonchev–Trinajstić information content (AvgIpc) is 1.96. The Kier molecular flexibility index (Phi) is 2.91. The van der Waals surface area contributed by atoms with Crippen LogP contribution >= 0.6 is 22.9 Å². The van der Waals surface area contributed by atoms with Crippen LogP contribution in [0.5, 0.6) is 0 Å². The van der Waals surface area contributed by atoms with E-state index in [2.05, 4.69) is 26.0 Å². The van der Waals surface area contributed by atoms with Crippen LogP contribution in [-0.4, -0.2) is 38.6 Å². The van der Waals surface area contributed by atoms with Gasteiger partial charge in [-0.2, -0.15) is 0 Å². The SMILES string of the molecule is OCC1(O)CCN(I)CC1. The van der Waals surface area contributed by atoms with Crippen LogP contribution in [0.15, 0.2) is 0 Å². The number of nitrogens with zero attached hydrogens (tertiary/aromatic N) is 1. The highest BCUT2D eigenvalue weighted by Crippen LogP contribution is 2.22. The van der Waals surface area contributed by atoms with E-state index >= 15 is 0 Å². The molecule has 1 saturated heterocycles. The Labute approximate surface area is 74.5 Å². The molecule has 1 rings (SSSR count). The molecule has 2 N–H and O–H groups in total. The summed E-state index contributed by atoms with van der Waals surface area (Å²) in [5.41, 5.74) is -0.790. The van der Waals surface area contributed by atoms with Crippen molar-refractivity contribution in [2.24, 2.45) is 0 Å². The predicted molar refractivity (Wildman–Crippen MR) is 46.9 cm³/mol. The molecule has 4 heteroatoms. The highest BCUT2D eigenvalue weighted by molar-refractivity contribution is 14.1. The lowest BCUT2D eigenvalue weighted by molar-refractivity contribution is -0.0449. The third kappa shape index (κ3) is 2.05. The van der Waals surface area contributed by atoms with E-state index in [1.807, 2.05) is 0 Å². The molecule has 0 spiro atoms. The van der Waals surface area contributed by atoms with Gasteiger partial charge in [0, 0.05) is 36.0 Å². The minimum atomic E-state index is -0.790. The van der Waals surface area contributed by atoms with E-state index in [1.165, 1.54) is 0 Å². The fourth-order valence-corrected chi connectivity index (χ4v) is 1.54. The van der Waals surface area contributed by atoms with Crippen LogP contribution in [0, 0.1) is 0 Å². The minimum absolute atomic E-state index is 0.0997. The van der Waals surface area contributed by atoms with E-state index in [0.29, 0.717) is 12.8 Å². The standard InChI is InChI=1S/C6H12INO2/c7-8-3-1-6(10,5-9)2-4-8/h9-10H,1-5H2. The molecular formula is C6H12INO2. The van der Waals surface area contributed by atoms with Gasteiger partial charge in [0.05, 0.1) is 12.2 Å². The van der Waals surface area contributed by atoms with Crippen LogP contribution in [0.4, 0.5) is 0 Å². The van der Waals surface area contributed by atoms with Crippen molar-refractivity contribution in [2.45, 2.75) is 18.4 Å². The van der Waals surface area contributed by atoms with Crippen LogP contribution < -0.4 is 0 Å². The summed E-state index contributed by atoms with van der Waals surface area (Å²) in [5.74, 6) is 0. The molecule has 0 aromatic carbocycles. The molecule has 10 heavy (non-hydrogen) atoms. The molecule has 0 atom stereocenters. The first-order chi connectivity index (χ1) is 4.66. The summed E-state index contributed by atoms with van der Waals surface area (Å²) in [5, 5.41) is 18.3. The van der Waals surface area contributed by atoms with Crippen molar-refractivity contribution in [3.05, 3.63) is 0 Å². The van der Waals surface area contributed by atoms with E-state index in [4.69, 9.17) is 5.11 Å². The number of halogens is 1. The second-order valence-corrected chi connectivity index (χ2v) is 4.16. The maximum Gasteiger partial charge on any atom is 0.0902 e. The quantitative estimate of drug-likeness (QED) is 0.519. The first kappa shape index (κ1) is 8.70. The molecule has 1 aliphatic heterocycles. The molecule has 0 unspecified atom stereocenters. The zero-order valence-electron chi connectivity index (χ0n) is 5.76.